The van der Waals surface area contributed by atoms with E-state index in [4.69, 9.17) is 9.47 Å². The van der Waals surface area contributed by atoms with Crippen molar-refractivity contribution >= 4 is 17.9 Å². The van der Waals surface area contributed by atoms with Crippen LogP contribution in [-0.2, 0) is 4.79 Å². The molecule has 2 aromatic carbocycles. The van der Waals surface area contributed by atoms with Gasteiger partial charge >= 0.3 is 0 Å². The van der Waals surface area contributed by atoms with Crippen molar-refractivity contribution in [3.63, 3.8) is 0 Å². The molecule has 3 rings (SSSR count). The van der Waals surface area contributed by atoms with Crippen LogP contribution in [0.3, 0.4) is 0 Å². The van der Waals surface area contributed by atoms with Crippen LogP contribution in [0, 0.1) is 0 Å². The Morgan fingerprint density at radius 1 is 0.923 bits per heavy atom. The highest BCUT2D eigenvalue weighted by Gasteiger charge is 2.21. The van der Waals surface area contributed by atoms with E-state index in [2.05, 4.69) is 0 Å². The molecule has 1 fully saturated rings. The van der Waals surface area contributed by atoms with Gasteiger partial charge in [0.1, 0.15) is 5.75 Å². The normalized spacial score (nSPS) is 17.5. The van der Waals surface area contributed by atoms with Gasteiger partial charge in [-0.2, -0.15) is 0 Å². The molecular weight excluding hydrogens is 328 g/mol. The fourth-order valence-electron chi connectivity index (χ4n) is 3.14. The summed E-state index contributed by atoms with van der Waals surface area (Å²) in [5.41, 5.74) is 3.30. The summed E-state index contributed by atoms with van der Waals surface area (Å²) in [6, 6.07) is 12.8. The van der Waals surface area contributed by atoms with E-state index < -0.39 is 0 Å². The Kier molecular flexibility index (Phi) is 5.42. The van der Waals surface area contributed by atoms with Crippen molar-refractivity contribution in [3.05, 3.63) is 64.7 Å². The lowest BCUT2D eigenvalue weighted by atomic mass is 9.86. The van der Waals surface area contributed by atoms with Gasteiger partial charge in [0.05, 0.1) is 14.2 Å². The number of hydrogen-bond donors (Lipinski definition) is 1. The van der Waals surface area contributed by atoms with Crippen LogP contribution >= 0.6 is 0 Å². The molecule has 4 heteroatoms. The molecule has 0 radical (unpaired) electrons. The van der Waals surface area contributed by atoms with E-state index in [-0.39, 0.29) is 11.5 Å². The zero-order valence-corrected chi connectivity index (χ0v) is 15.0. The first-order chi connectivity index (χ1) is 12.6. The quantitative estimate of drug-likeness (QED) is 0.817. The van der Waals surface area contributed by atoms with Crippen LogP contribution in [-0.4, -0.2) is 25.1 Å². The van der Waals surface area contributed by atoms with Gasteiger partial charge in [-0.05, 0) is 55.2 Å². The largest absolute Gasteiger partial charge is 0.504 e. The summed E-state index contributed by atoms with van der Waals surface area (Å²) in [5, 5.41) is 9.71. The second-order valence-electron chi connectivity index (χ2n) is 6.20. The molecule has 0 saturated heterocycles. The molecule has 1 N–H and O–H groups in total. The molecule has 0 spiro atoms. The minimum Gasteiger partial charge on any atom is -0.504 e. The molecule has 4 nitrogen and oxygen atoms in total. The highest BCUT2D eigenvalue weighted by Crippen LogP contribution is 2.32. The highest BCUT2D eigenvalue weighted by atomic mass is 16.5. The van der Waals surface area contributed by atoms with Crippen molar-refractivity contribution in [1.29, 1.82) is 0 Å². The van der Waals surface area contributed by atoms with E-state index in [1.54, 1.807) is 25.3 Å². The van der Waals surface area contributed by atoms with E-state index in [1.165, 1.54) is 7.11 Å². The second kappa shape index (κ2) is 7.91. The molecule has 0 bridgehead atoms. The van der Waals surface area contributed by atoms with Gasteiger partial charge in [0.25, 0.3) is 0 Å². The first kappa shape index (κ1) is 17.8. The maximum atomic E-state index is 12.9. The summed E-state index contributed by atoms with van der Waals surface area (Å²) < 4.78 is 10.5. The van der Waals surface area contributed by atoms with Crippen LogP contribution in [0.5, 0.6) is 17.2 Å². The smallest absolute Gasteiger partial charge is 0.185 e. The number of Topliss-reactive ketones (excluding diaryl/α,β-unsaturated/α-hetero) is 1. The van der Waals surface area contributed by atoms with Gasteiger partial charge < -0.3 is 14.6 Å². The van der Waals surface area contributed by atoms with Crippen molar-refractivity contribution in [1.82, 2.24) is 0 Å². The average Bonchev–Trinajstić information content (AvgIpc) is 2.66. The van der Waals surface area contributed by atoms with Gasteiger partial charge in [0, 0.05) is 16.7 Å². The number of hydrogen-bond acceptors (Lipinski definition) is 4. The summed E-state index contributed by atoms with van der Waals surface area (Å²) in [4.78, 5) is 12.9. The summed E-state index contributed by atoms with van der Waals surface area (Å²) >= 11 is 0. The number of aromatic hydroxyl groups is 1. The number of ketones is 1. The number of carbonyl (C=O) groups is 1. The zero-order chi connectivity index (χ0) is 18.5. The van der Waals surface area contributed by atoms with E-state index in [1.807, 2.05) is 36.4 Å². The molecular formula is C22H22O4. The number of rotatable bonds is 4. The van der Waals surface area contributed by atoms with Gasteiger partial charge in [-0.3, -0.25) is 4.79 Å². The van der Waals surface area contributed by atoms with Gasteiger partial charge in [-0.25, -0.2) is 0 Å². The molecule has 26 heavy (non-hydrogen) atoms. The lowest BCUT2D eigenvalue weighted by molar-refractivity contribution is -0.112. The molecule has 0 aliphatic heterocycles. The van der Waals surface area contributed by atoms with Crippen LogP contribution in [0.25, 0.3) is 12.2 Å². The number of phenols is 1. The summed E-state index contributed by atoms with van der Waals surface area (Å²) in [7, 11) is 3.13. The van der Waals surface area contributed by atoms with E-state index in [0.717, 1.165) is 47.3 Å². The van der Waals surface area contributed by atoms with Crippen LogP contribution < -0.4 is 9.47 Å². The number of methoxy groups -OCH3 is 2. The van der Waals surface area contributed by atoms with Gasteiger partial charge in [0.2, 0.25) is 0 Å². The first-order valence-corrected chi connectivity index (χ1v) is 8.58. The molecule has 134 valence electrons. The summed E-state index contributed by atoms with van der Waals surface area (Å²) in [6.45, 7) is 0. The van der Waals surface area contributed by atoms with Crippen molar-refractivity contribution in [3.8, 4) is 17.2 Å². The minimum absolute atomic E-state index is 0.0641. The Hall–Kier alpha value is -3.01. The van der Waals surface area contributed by atoms with Crippen molar-refractivity contribution < 1.29 is 19.4 Å². The van der Waals surface area contributed by atoms with E-state index in [0.29, 0.717) is 5.75 Å². The van der Waals surface area contributed by atoms with Crippen LogP contribution in [0.2, 0.25) is 0 Å². The number of phenolic OH excluding ortho intramolecular Hbond substituents is 1. The summed E-state index contributed by atoms with van der Waals surface area (Å²) in [5.74, 6) is 1.30. The first-order valence-electron chi connectivity index (χ1n) is 8.58. The fraction of sp³-hybridized carbons (Fsp3) is 0.227. The lowest BCUT2D eigenvalue weighted by Crippen LogP contribution is -2.12. The van der Waals surface area contributed by atoms with Gasteiger partial charge in [-0.1, -0.05) is 24.3 Å². The fourth-order valence-corrected chi connectivity index (χ4v) is 3.14. The Morgan fingerprint density at radius 2 is 1.62 bits per heavy atom. The molecule has 0 heterocycles. The molecule has 0 atom stereocenters. The SMILES string of the molecule is COc1cc(/C=C2\CCC/C(=C\c3ccccc3OC)C2=O)ccc1O. The number of carbonyl (C=O) groups excluding carboxylic acids is 1. The average molecular weight is 350 g/mol. The van der Waals surface area contributed by atoms with E-state index in [9.17, 15) is 9.90 Å². The Balaban J connectivity index is 1.91. The summed E-state index contributed by atoms with van der Waals surface area (Å²) in [6.07, 6.45) is 6.22. The maximum absolute atomic E-state index is 12.9. The van der Waals surface area contributed by atoms with Crippen LogP contribution in [0.15, 0.2) is 53.6 Å². The van der Waals surface area contributed by atoms with Crippen molar-refractivity contribution in [2.45, 2.75) is 19.3 Å². The monoisotopic (exact) mass is 350 g/mol. The molecule has 0 aromatic heterocycles. The van der Waals surface area contributed by atoms with Crippen molar-refractivity contribution in [2.24, 2.45) is 0 Å². The van der Waals surface area contributed by atoms with Gasteiger partial charge in [-0.15, -0.1) is 0 Å². The number of benzene rings is 2. The second-order valence-corrected chi connectivity index (χ2v) is 6.20. The third-order valence-electron chi connectivity index (χ3n) is 4.49. The highest BCUT2D eigenvalue weighted by molar-refractivity contribution is 6.14. The Morgan fingerprint density at radius 3 is 2.35 bits per heavy atom. The van der Waals surface area contributed by atoms with Crippen LogP contribution in [0.1, 0.15) is 30.4 Å². The molecule has 1 aliphatic carbocycles. The predicted octanol–water partition coefficient (Wildman–Crippen LogP) is 4.63. The molecule has 0 unspecified atom stereocenters. The Bertz CT molecular complexity index is 877. The minimum atomic E-state index is 0.0641. The third kappa shape index (κ3) is 3.80. The third-order valence-corrected chi connectivity index (χ3v) is 4.49. The van der Waals surface area contributed by atoms with Gasteiger partial charge in [0.15, 0.2) is 17.3 Å². The standard InChI is InChI=1S/C22H22O4/c1-25-20-9-4-3-6-16(20)14-18-8-5-7-17(22(18)24)12-15-10-11-19(23)21(13-15)26-2/h3-4,6,9-14,23H,5,7-8H2,1-2H3/b17-12+,18-14+. The lowest BCUT2D eigenvalue weighted by Gasteiger charge is -2.17. The molecule has 1 aliphatic rings. The number of allylic oxidation sites excluding steroid dienone is 2. The predicted molar refractivity (Wildman–Crippen MR) is 102 cm³/mol. The molecule has 2 aromatic rings. The number of para-hydroxylation sites is 1. The maximum Gasteiger partial charge on any atom is 0.185 e. The van der Waals surface area contributed by atoms with Crippen LogP contribution in [0.4, 0.5) is 0 Å². The zero-order valence-electron chi connectivity index (χ0n) is 15.0. The topological polar surface area (TPSA) is 55.8 Å². The van der Waals surface area contributed by atoms with Crippen molar-refractivity contribution in [2.75, 3.05) is 14.2 Å². The molecule has 1 saturated carbocycles. The van der Waals surface area contributed by atoms with E-state index >= 15 is 0 Å². The molecule has 0 amide bonds. The Labute approximate surface area is 153 Å². The number of ether oxygens (including phenoxy) is 2.